The average molecular weight is 395 g/mol. The number of hydrogen-bond donors (Lipinski definition) is 2. The molecule has 2 aromatic carbocycles. The molecule has 1 heterocycles. The van der Waals surface area contributed by atoms with Gasteiger partial charge in [-0.1, -0.05) is 29.8 Å². The van der Waals surface area contributed by atoms with Crippen LogP contribution in [0.1, 0.15) is 0 Å². The Labute approximate surface area is 158 Å². The highest BCUT2D eigenvalue weighted by Crippen LogP contribution is 2.29. The minimum Gasteiger partial charge on any atom is -0.406 e. The van der Waals surface area contributed by atoms with E-state index >= 15 is 0 Å². The van der Waals surface area contributed by atoms with E-state index in [2.05, 4.69) is 25.3 Å². The van der Waals surface area contributed by atoms with Crippen LogP contribution in [0.15, 0.2) is 54.6 Å². The molecule has 3 aromatic rings. The van der Waals surface area contributed by atoms with Crippen molar-refractivity contribution in [2.75, 3.05) is 17.7 Å². The lowest BCUT2D eigenvalue weighted by Gasteiger charge is -2.12. The summed E-state index contributed by atoms with van der Waals surface area (Å²) >= 11 is 5.98. The zero-order valence-corrected chi connectivity index (χ0v) is 14.8. The van der Waals surface area contributed by atoms with Gasteiger partial charge >= 0.3 is 6.36 Å². The Morgan fingerprint density at radius 1 is 1.00 bits per heavy atom. The number of rotatable bonds is 5. The van der Waals surface area contributed by atoms with E-state index < -0.39 is 6.36 Å². The van der Waals surface area contributed by atoms with E-state index in [4.69, 9.17) is 11.6 Å². The molecule has 0 aliphatic carbocycles. The number of halogens is 4. The summed E-state index contributed by atoms with van der Waals surface area (Å²) < 4.78 is 41.3. The Hall–Kier alpha value is -3.00. The van der Waals surface area contributed by atoms with Crippen LogP contribution >= 0.6 is 11.6 Å². The van der Waals surface area contributed by atoms with Crippen molar-refractivity contribution in [3.05, 3.63) is 59.6 Å². The highest BCUT2D eigenvalue weighted by molar-refractivity contribution is 6.30. The first-order valence-electron chi connectivity index (χ1n) is 7.78. The van der Waals surface area contributed by atoms with Gasteiger partial charge in [0, 0.05) is 29.4 Å². The Morgan fingerprint density at radius 3 is 2.48 bits per heavy atom. The van der Waals surface area contributed by atoms with Gasteiger partial charge in [-0.3, -0.25) is 0 Å². The number of benzene rings is 2. The third-order valence-corrected chi connectivity index (χ3v) is 3.65. The van der Waals surface area contributed by atoms with Crippen LogP contribution in [-0.2, 0) is 0 Å². The van der Waals surface area contributed by atoms with Gasteiger partial charge in [-0.2, -0.15) is 4.98 Å². The highest BCUT2D eigenvalue weighted by atomic mass is 35.5. The van der Waals surface area contributed by atoms with Crippen molar-refractivity contribution in [3.8, 4) is 17.0 Å². The number of hydrogen-bond acceptors (Lipinski definition) is 5. The van der Waals surface area contributed by atoms with E-state index in [9.17, 15) is 13.2 Å². The van der Waals surface area contributed by atoms with Gasteiger partial charge in [-0.05, 0) is 30.3 Å². The molecule has 0 saturated carbocycles. The van der Waals surface area contributed by atoms with E-state index in [1.807, 2.05) is 6.07 Å². The fraction of sp³-hybridized carbons (Fsp3) is 0.111. The summed E-state index contributed by atoms with van der Waals surface area (Å²) in [7, 11) is 1.64. The maximum atomic E-state index is 12.5. The van der Waals surface area contributed by atoms with E-state index in [1.165, 1.54) is 18.2 Å². The van der Waals surface area contributed by atoms with Crippen LogP contribution in [0.2, 0.25) is 5.02 Å². The Kier molecular flexibility index (Phi) is 5.36. The first-order valence-corrected chi connectivity index (χ1v) is 8.16. The summed E-state index contributed by atoms with van der Waals surface area (Å²) in [5, 5.41) is 6.48. The molecule has 1 aromatic heterocycles. The minimum atomic E-state index is -4.76. The van der Waals surface area contributed by atoms with Gasteiger partial charge in [0.1, 0.15) is 11.6 Å². The maximum Gasteiger partial charge on any atom is 0.573 e. The molecule has 0 amide bonds. The van der Waals surface area contributed by atoms with Crippen LogP contribution in [0, 0.1) is 0 Å². The largest absolute Gasteiger partial charge is 0.573 e. The zero-order chi connectivity index (χ0) is 19.4. The summed E-state index contributed by atoms with van der Waals surface area (Å²) in [5.41, 5.74) is 1.58. The monoisotopic (exact) mass is 394 g/mol. The van der Waals surface area contributed by atoms with Crippen LogP contribution in [0.5, 0.6) is 5.75 Å². The van der Waals surface area contributed by atoms with E-state index in [1.54, 1.807) is 37.4 Å². The number of ether oxygens (including phenoxy) is 1. The third-order valence-electron chi connectivity index (χ3n) is 3.41. The van der Waals surface area contributed by atoms with Crippen LogP contribution in [0.25, 0.3) is 11.3 Å². The third kappa shape index (κ3) is 5.24. The van der Waals surface area contributed by atoms with Crippen LogP contribution in [0.3, 0.4) is 0 Å². The van der Waals surface area contributed by atoms with Crippen molar-refractivity contribution < 1.29 is 17.9 Å². The van der Waals surface area contributed by atoms with Crippen molar-refractivity contribution in [2.45, 2.75) is 6.36 Å². The second-order valence-electron chi connectivity index (χ2n) is 5.42. The SMILES string of the molecule is CNc1nc(Nc2cccc(Cl)c2)cc(-c2cccc(OC(F)(F)F)c2)n1. The second-order valence-corrected chi connectivity index (χ2v) is 5.86. The number of nitrogens with zero attached hydrogens (tertiary/aromatic N) is 2. The molecule has 0 atom stereocenters. The van der Waals surface area contributed by atoms with Gasteiger partial charge in [-0.25, -0.2) is 4.98 Å². The number of nitrogens with one attached hydrogen (secondary N) is 2. The van der Waals surface area contributed by atoms with Crippen molar-refractivity contribution in [1.29, 1.82) is 0 Å². The molecule has 0 aliphatic heterocycles. The lowest BCUT2D eigenvalue weighted by molar-refractivity contribution is -0.274. The average Bonchev–Trinajstić information content (AvgIpc) is 2.60. The smallest absolute Gasteiger partial charge is 0.406 e. The molecule has 0 fully saturated rings. The Bertz CT molecular complexity index is 950. The number of anilines is 3. The molecular formula is C18H14ClF3N4O. The molecule has 0 bridgehead atoms. The summed E-state index contributed by atoms with van der Waals surface area (Å²) in [4.78, 5) is 8.59. The molecule has 0 radical (unpaired) electrons. The molecular weight excluding hydrogens is 381 g/mol. The maximum absolute atomic E-state index is 12.5. The topological polar surface area (TPSA) is 59.1 Å². The summed E-state index contributed by atoms with van der Waals surface area (Å²) in [6.07, 6.45) is -4.76. The van der Waals surface area contributed by atoms with E-state index in [0.29, 0.717) is 33.7 Å². The molecule has 140 valence electrons. The molecule has 0 unspecified atom stereocenters. The first-order chi connectivity index (χ1) is 12.8. The Balaban J connectivity index is 1.95. The van der Waals surface area contributed by atoms with Gasteiger partial charge in [-0.15, -0.1) is 13.2 Å². The van der Waals surface area contributed by atoms with Gasteiger partial charge in [0.25, 0.3) is 0 Å². The van der Waals surface area contributed by atoms with Gasteiger partial charge in [0.05, 0.1) is 5.69 Å². The minimum absolute atomic E-state index is 0.305. The van der Waals surface area contributed by atoms with Gasteiger partial charge in [0.15, 0.2) is 0 Å². The summed E-state index contributed by atoms with van der Waals surface area (Å²) in [6, 6.07) is 14.3. The zero-order valence-electron chi connectivity index (χ0n) is 14.0. The molecule has 27 heavy (non-hydrogen) atoms. The summed E-state index contributed by atoms with van der Waals surface area (Å²) in [5.74, 6) is 0.432. The molecule has 9 heteroatoms. The fourth-order valence-corrected chi connectivity index (χ4v) is 2.53. The predicted molar refractivity (Wildman–Crippen MR) is 98.4 cm³/mol. The Morgan fingerprint density at radius 2 is 1.78 bits per heavy atom. The molecule has 3 rings (SSSR count). The normalized spacial score (nSPS) is 11.1. The van der Waals surface area contributed by atoms with Crippen molar-refractivity contribution >= 4 is 29.1 Å². The van der Waals surface area contributed by atoms with Crippen molar-refractivity contribution in [1.82, 2.24) is 9.97 Å². The molecule has 0 aliphatic rings. The highest BCUT2D eigenvalue weighted by Gasteiger charge is 2.31. The standard InChI is InChI=1S/C18H14ClF3N4O/c1-23-17-25-15(11-4-2-7-14(8-11)27-18(20,21)22)10-16(26-17)24-13-6-3-5-12(19)9-13/h2-10H,1H3,(H2,23,24,25,26). The van der Waals surface area contributed by atoms with E-state index in [0.717, 1.165) is 0 Å². The predicted octanol–water partition coefficient (Wildman–Crippen LogP) is 5.48. The van der Waals surface area contributed by atoms with Crippen molar-refractivity contribution in [2.24, 2.45) is 0 Å². The molecule has 5 nitrogen and oxygen atoms in total. The van der Waals surface area contributed by atoms with Crippen molar-refractivity contribution in [3.63, 3.8) is 0 Å². The van der Waals surface area contributed by atoms with Gasteiger partial charge < -0.3 is 15.4 Å². The molecule has 2 N–H and O–H groups in total. The second kappa shape index (κ2) is 7.71. The van der Waals surface area contributed by atoms with Crippen LogP contribution < -0.4 is 15.4 Å². The van der Waals surface area contributed by atoms with Crippen LogP contribution in [0.4, 0.5) is 30.6 Å². The molecule has 0 spiro atoms. The first kappa shape index (κ1) is 18.8. The quantitative estimate of drug-likeness (QED) is 0.600. The fourth-order valence-electron chi connectivity index (χ4n) is 2.34. The number of alkyl halides is 3. The number of aromatic nitrogens is 2. The lowest BCUT2D eigenvalue weighted by Crippen LogP contribution is -2.17. The molecule has 0 saturated heterocycles. The van der Waals surface area contributed by atoms with E-state index in [-0.39, 0.29) is 5.75 Å². The lowest BCUT2D eigenvalue weighted by atomic mass is 10.1. The van der Waals surface area contributed by atoms with Gasteiger partial charge in [0.2, 0.25) is 5.95 Å². The summed E-state index contributed by atoms with van der Waals surface area (Å²) in [6.45, 7) is 0. The van der Waals surface area contributed by atoms with Crippen LogP contribution in [-0.4, -0.2) is 23.4 Å².